The van der Waals surface area contributed by atoms with Crippen molar-refractivity contribution < 1.29 is 9.53 Å². The Kier molecular flexibility index (Phi) is 5.12. The fourth-order valence-corrected chi connectivity index (χ4v) is 1.57. The van der Waals surface area contributed by atoms with E-state index < -0.39 is 0 Å². The largest absolute Gasteiger partial charge is 0.494 e. The van der Waals surface area contributed by atoms with E-state index in [-0.39, 0.29) is 11.8 Å². The number of benzene rings is 1. The summed E-state index contributed by atoms with van der Waals surface area (Å²) in [5.74, 6) is 0.761. The van der Waals surface area contributed by atoms with Gasteiger partial charge in [0.1, 0.15) is 11.6 Å². The lowest BCUT2D eigenvalue weighted by Gasteiger charge is -2.16. The normalized spacial score (nSPS) is 9.94. The van der Waals surface area contributed by atoms with Crippen LogP contribution in [0, 0.1) is 0 Å². The maximum Gasteiger partial charge on any atom is 0.237 e. The van der Waals surface area contributed by atoms with Gasteiger partial charge in [0.2, 0.25) is 5.91 Å². The topological polar surface area (TPSA) is 29.5 Å². The highest BCUT2D eigenvalue weighted by atomic mass is 35.5. The minimum absolute atomic E-state index is 0.0155. The van der Waals surface area contributed by atoms with Crippen LogP contribution in [0.3, 0.4) is 0 Å². The van der Waals surface area contributed by atoms with E-state index in [2.05, 4.69) is 0 Å². The Morgan fingerprint density at radius 3 is 2.88 bits per heavy atom. The zero-order valence-electron chi connectivity index (χ0n) is 9.57. The van der Waals surface area contributed by atoms with Crippen LogP contribution < -0.4 is 4.74 Å². The summed E-state index contributed by atoms with van der Waals surface area (Å²) in [5, 5.41) is 0. The van der Waals surface area contributed by atoms with Crippen LogP contribution in [0.25, 0.3) is 0 Å². The molecule has 0 atom stereocenters. The molecule has 0 saturated carbocycles. The van der Waals surface area contributed by atoms with Crippen molar-refractivity contribution in [2.45, 2.75) is 13.5 Å². The molecular weight excluding hydrogens is 226 g/mol. The summed E-state index contributed by atoms with van der Waals surface area (Å²) in [4.78, 5) is 12.9. The molecule has 1 rings (SSSR count). The third-order valence-corrected chi connectivity index (χ3v) is 2.40. The predicted octanol–water partition coefficient (Wildman–Crippen LogP) is 2.28. The van der Waals surface area contributed by atoms with Gasteiger partial charge in [-0.3, -0.25) is 4.79 Å². The summed E-state index contributed by atoms with van der Waals surface area (Å²) in [6.07, 6.45) is 0. The minimum Gasteiger partial charge on any atom is -0.494 e. The van der Waals surface area contributed by atoms with Gasteiger partial charge < -0.3 is 9.64 Å². The molecule has 0 bridgehead atoms. The number of amides is 1. The monoisotopic (exact) mass is 241 g/mol. The van der Waals surface area contributed by atoms with Gasteiger partial charge in [0.15, 0.2) is 0 Å². The summed E-state index contributed by atoms with van der Waals surface area (Å²) < 4.78 is 5.39. The van der Waals surface area contributed by atoms with Crippen molar-refractivity contribution in [3.05, 3.63) is 29.8 Å². The highest BCUT2D eigenvalue weighted by Gasteiger charge is 2.07. The number of carbonyl (C=O) groups excluding carboxylic acids is 1. The van der Waals surface area contributed by atoms with Crippen LogP contribution in [0.4, 0.5) is 0 Å². The molecule has 1 aromatic carbocycles. The van der Waals surface area contributed by atoms with Crippen molar-refractivity contribution in [2.75, 3.05) is 19.5 Å². The molecule has 3 nitrogen and oxygen atoms in total. The van der Waals surface area contributed by atoms with Gasteiger partial charge in [-0.1, -0.05) is 12.1 Å². The first-order valence-corrected chi connectivity index (χ1v) is 5.72. The zero-order chi connectivity index (χ0) is 12.0. The van der Waals surface area contributed by atoms with Gasteiger partial charge in [0, 0.05) is 13.6 Å². The number of carbonyl (C=O) groups is 1. The van der Waals surface area contributed by atoms with E-state index in [9.17, 15) is 4.79 Å². The lowest BCUT2D eigenvalue weighted by molar-refractivity contribution is -0.127. The zero-order valence-corrected chi connectivity index (χ0v) is 10.3. The maximum atomic E-state index is 11.3. The van der Waals surface area contributed by atoms with Crippen molar-refractivity contribution in [1.29, 1.82) is 0 Å². The molecule has 4 heteroatoms. The Morgan fingerprint density at radius 2 is 2.25 bits per heavy atom. The molecule has 16 heavy (non-hydrogen) atoms. The summed E-state index contributed by atoms with van der Waals surface area (Å²) >= 11 is 5.48. The molecule has 0 aliphatic rings. The average molecular weight is 242 g/mol. The predicted molar refractivity (Wildman–Crippen MR) is 64.8 cm³/mol. The van der Waals surface area contributed by atoms with Crippen LogP contribution in [0.15, 0.2) is 24.3 Å². The quantitative estimate of drug-likeness (QED) is 0.741. The number of alkyl halides is 1. The second-order valence-corrected chi connectivity index (χ2v) is 3.73. The van der Waals surface area contributed by atoms with Crippen LogP contribution in [0.5, 0.6) is 5.75 Å². The Hall–Kier alpha value is -1.22. The van der Waals surface area contributed by atoms with E-state index in [4.69, 9.17) is 16.3 Å². The van der Waals surface area contributed by atoms with E-state index in [0.29, 0.717) is 13.2 Å². The van der Waals surface area contributed by atoms with Gasteiger partial charge in [-0.25, -0.2) is 0 Å². The third-order valence-electron chi connectivity index (χ3n) is 2.17. The molecule has 0 aromatic heterocycles. The number of nitrogens with zero attached hydrogens (tertiary/aromatic N) is 1. The van der Waals surface area contributed by atoms with Gasteiger partial charge in [-0.15, -0.1) is 11.6 Å². The number of hydrogen-bond donors (Lipinski definition) is 0. The highest BCUT2D eigenvalue weighted by molar-refractivity contribution is 6.27. The maximum absolute atomic E-state index is 11.3. The van der Waals surface area contributed by atoms with E-state index in [1.807, 2.05) is 31.2 Å². The van der Waals surface area contributed by atoms with E-state index >= 15 is 0 Å². The van der Waals surface area contributed by atoms with Crippen molar-refractivity contribution in [3.63, 3.8) is 0 Å². The second-order valence-electron chi connectivity index (χ2n) is 3.46. The number of hydrogen-bond acceptors (Lipinski definition) is 2. The number of halogens is 1. The molecule has 88 valence electrons. The van der Waals surface area contributed by atoms with Gasteiger partial charge in [-0.05, 0) is 24.6 Å². The van der Waals surface area contributed by atoms with Gasteiger partial charge in [0.25, 0.3) is 0 Å². The van der Waals surface area contributed by atoms with Crippen LogP contribution in [0.2, 0.25) is 0 Å². The summed E-state index contributed by atoms with van der Waals surface area (Å²) in [6.45, 7) is 3.13. The van der Waals surface area contributed by atoms with Crippen LogP contribution in [0.1, 0.15) is 12.5 Å². The first-order valence-electron chi connectivity index (χ1n) is 5.19. The summed E-state index contributed by atoms with van der Waals surface area (Å²) in [7, 11) is 1.73. The first-order chi connectivity index (χ1) is 7.67. The fraction of sp³-hybridized carbons (Fsp3) is 0.417. The first kappa shape index (κ1) is 12.8. The summed E-state index contributed by atoms with van der Waals surface area (Å²) in [5.41, 5.74) is 1.03. The Labute approximate surface area is 101 Å². The molecule has 0 heterocycles. The van der Waals surface area contributed by atoms with Crippen LogP contribution >= 0.6 is 11.6 Å². The lowest BCUT2D eigenvalue weighted by Crippen LogP contribution is -2.27. The van der Waals surface area contributed by atoms with E-state index in [1.54, 1.807) is 11.9 Å². The molecule has 0 fully saturated rings. The molecule has 0 spiro atoms. The van der Waals surface area contributed by atoms with Crippen molar-refractivity contribution >= 4 is 17.5 Å². The molecule has 1 amide bonds. The number of rotatable bonds is 5. The molecule has 0 N–H and O–H groups in total. The molecule has 0 unspecified atom stereocenters. The molecule has 0 radical (unpaired) electrons. The standard InChI is InChI=1S/C12H16ClNO2/c1-3-16-11-6-4-5-10(7-11)9-14(2)12(15)8-13/h4-7H,3,8-9H2,1-2H3. The smallest absolute Gasteiger partial charge is 0.237 e. The highest BCUT2D eigenvalue weighted by Crippen LogP contribution is 2.14. The third kappa shape index (κ3) is 3.74. The Balaban J connectivity index is 2.66. The Bertz CT molecular complexity index is 355. The Morgan fingerprint density at radius 1 is 1.50 bits per heavy atom. The SMILES string of the molecule is CCOc1cccc(CN(C)C(=O)CCl)c1. The summed E-state index contributed by atoms with van der Waals surface area (Å²) in [6, 6.07) is 7.71. The van der Waals surface area contributed by atoms with Crippen LogP contribution in [-0.2, 0) is 11.3 Å². The van der Waals surface area contributed by atoms with Gasteiger partial charge in [-0.2, -0.15) is 0 Å². The minimum atomic E-state index is -0.0801. The van der Waals surface area contributed by atoms with E-state index in [0.717, 1.165) is 11.3 Å². The van der Waals surface area contributed by atoms with E-state index in [1.165, 1.54) is 0 Å². The average Bonchev–Trinajstić information content (AvgIpc) is 2.29. The van der Waals surface area contributed by atoms with Crippen molar-refractivity contribution in [3.8, 4) is 5.75 Å². The molecular formula is C12H16ClNO2. The van der Waals surface area contributed by atoms with Crippen molar-refractivity contribution in [2.24, 2.45) is 0 Å². The van der Waals surface area contributed by atoms with Gasteiger partial charge in [0.05, 0.1) is 6.61 Å². The molecule has 1 aromatic rings. The lowest BCUT2D eigenvalue weighted by atomic mass is 10.2. The molecule has 0 aliphatic heterocycles. The van der Waals surface area contributed by atoms with Gasteiger partial charge >= 0.3 is 0 Å². The molecule has 0 aliphatic carbocycles. The fourth-order valence-electron chi connectivity index (χ4n) is 1.36. The molecule has 0 saturated heterocycles. The van der Waals surface area contributed by atoms with Crippen LogP contribution in [-0.4, -0.2) is 30.3 Å². The van der Waals surface area contributed by atoms with Crippen molar-refractivity contribution in [1.82, 2.24) is 4.90 Å². The number of ether oxygens (including phenoxy) is 1. The second kappa shape index (κ2) is 6.38.